The zero-order valence-corrected chi connectivity index (χ0v) is 16.7. The molecule has 1 fully saturated rings. The zero-order chi connectivity index (χ0) is 20.5. The number of likely N-dealkylation sites (tertiary alicyclic amines) is 1. The first-order chi connectivity index (χ1) is 14.7. The molecule has 0 saturated carbocycles. The highest BCUT2D eigenvalue weighted by molar-refractivity contribution is 5.77. The van der Waals surface area contributed by atoms with Crippen LogP contribution in [-0.2, 0) is 11.3 Å². The quantitative estimate of drug-likeness (QED) is 0.707. The van der Waals surface area contributed by atoms with E-state index in [1.165, 1.54) is 0 Å². The van der Waals surface area contributed by atoms with Crippen LogP contribution in [0.15, 0.2) is 54.7 Å². The molecule has 0 radical (unpaired) electrons. The fourth-order valence-electron chi connectivity index (χ4n) is 4.20. The van der Waals surface area contributed by atoms with Crippen molar-refractivity contribution in [1.82, 2.24) is 14.7 Å². The SMILES string of the molecule is NC(=O)[C@@H]1CCCN(Cc2cn(-c3ccccc3)nc2-c2ccc3c(c2)OCO3)C1. The van der Waals surface area contributed by atoms with Gasteiger partial charge in [0.15, 0.2) is 11.5 Å². The van der Waals surface area contributed by atoms with Crippen LogP contribution in [0.1, 0.15) is 18.4 Å². The largest absolute Gasteiger partial charge is 0.454 e. The standard InChI is InChI=1S/C23H24N4O3/c24-23(28)17-5-4-10-26(12-17)13-18-14-27(19-6-2-1-3-7-19)25-22(18)16-8-9-20-21(11-16)30-15-29-20/h1-3,6-9,11,14,17H,4-5,10,12-13,15H2,(H2,24,28)/t17-/m1/s1. The van der Waals surface area contributed by atoms with Crippen LogP contribution in [0.3, 0.4) is 0 Å². The molecule has 5 rings (SSSR count). The van der Waals surface area contributed by atoms with Crippen molar-refractivity contribution in [1.29, 1.82) is 0 Å². The van der Waals surface area contributed by atoms with Crippen LogP contribution in [0.4, 0.5) is 0 Å². The summed E-state index contributed by atoms with van der Waals surface area (Å²) in [4.78, 5) is 14.0. The molecule has 30 heavy (non-hydrogen) atoms. The summed E-state index contributed by atoms with van der Waals surface area (Å²) in [7, 11) is 0. The van der Waals surface area contributed by atoms with E-state index in [0.29, 0.717) is 13.1 Å². The highest BCUT2D eigenvalue weighted by atomic mass is 16.7. The number of hydrogen-bond donors (Lipinski definition) is 1. The first-order valence-corrected chi connectivity index (χ1v) is 10.2. The van der Waals surface area contributed by atoms with E-state index in [2.05, 4.69) is 11.1 Å². The van der Waals surface area contributed by atoms with E-state index in [-0.39, 0.29) is 18.6 Å². The summed E-state index contributed by atoms with van der Waals surface area (Å²) in [5.41, 5.74) is 9.55. The number of primary amides is 1. The van der Waals surface area contributed by atoms with Gasteiger partial charge in [-0.15, -0.1) is 0 Å². The van der Waals surface area contributed by atoms with Crippen molar-refractivity contribution in [2.24, 2.45) is 11.7 Å². The summed E-state index contributed by atoms with van der Waals surface area (Å²) >= 11 is 0. The Labute approximate surface area is 175 Å². The third kappa shape index (κ3) is 3.64. The van der Waals surface area contributed by atoms with Gasteiger partial charge in [0.05, 0.1) is 17.3 Å². The number of amides is 1. The van der Waals surface area contributed by atoms with Crippen LogP contribution in [-0.4, -0.2) is 40.5 Å². The highest BCUT2D eigenvalue weighted by Gasteiger charge is 2.26. The van der Waals surface area contributed by atoms with Gasteiger partial charge in [0.1, 0.15) is 0 Å². The van der Waals surface area contributed by atoms with Gasteiger partial charge in [-0.1, -0.05) is 18.2 Å². The molecular weight excluding hydrogens is 380 g/mol. The first kappa shape index (κ1) is 18.7. The van der Waals surface area contributed by atoms with Crippen molar-refractivity contribution in [2.75, 3.05) is 19.9 Å². The van der Waals surface area contributed by atoms with Crippen LogP contribution in [0.25, 0.3) is 16.9 Å². The summed E-state index contributed by atoms with van der Waals surface area (Å²) in [5, 5.41) is 4.90. The second-order valence-corrected chi connectivity index (χ2v) is 7.83. The van der Waals surface area contributed by atoms with E-state index in [1.807, 2.05) is 53.2 Å². The number of hydrogen-bond acceptors (Lipinski definition) is 5. The fraction of sp³-hybridized carbons (Fsp3) is 0.304. The third-order valence-electron chi connectivity index (χ3n) is 5.76. The Morgan fingerprint density at radius 2 is 1.97 bits per heavy atom. The molecule has 2 aliphatic heterocycles. The zero-order valence-electron chi connectivity index (χ0n) is 16.7. The average molecular weight is 404 g/mol. The molecule has 1 amide bonds. The number of benzene rings is 2. The van der Waals surface area contributed by atoms with E-state index in [1.54, 1.807) is 0 Å². The number of carbonyl (C=O) groups is 1. The monoisotopic (exact) mass is 404 g/mol. The lowest BCUT2D eigenvalue weighted by atomic mass is 9.97. The van der Waals surface area contributed by atoms with E-state index in [9.17, 15) is 4.79 Å². The summed E-state index contributed by atoms with van der Waals surface area (Å²) in [6, 6.07) is 16.0. The van der Waals surface area contributed by atoms with Crippen LogP contribution in [0, 0.1) is 5.92 Å². The minimum Gasteiger partial charge on any atom is -0.454 e. The molecule has 0 spiro atoms. The van der Waals surface area contributed by atoms with Crippen LogP contribution < -0.4 is 15.2 Å². The minimum absolute atomic E-state index is 0.0862. The smallest absolute Gasteiger partial charge is 0.231 e. The molecule has 2 aromatic carbocycles. The molecule has 1 saturated heterocycles. The molecule has 3 aromatic rings. The lowest BCUT2D eigenvalue weighted by molar-refractivity contribution is -0.123. The van der Waals surface area contributed by atoms with Gasteiger partial charge < -0.3 is 15.2 Å². The number of ether oxygens (including phenoxy) is 2. The summed E-state index contributed by atoms with van der Waals surface area (Å²) in [5.74, 6) is 1.19. The molecular formula is C23H24N4O3. The van der Waals surface area contributed by atoms with Crippen LogP contribution in [0.5, 0.6) is 11.5 Å². The number of para-hydroxylation sites is 1. The number of aromatic nitrogens is 2. The predicted molar refractivity (Wildman–Crippen MR) is 112 cm³/mol. The first-order valence-electron chi connectivity index (χ1n) is 10.2. The van der Waals surface area contributed by atoms with E-state index in [4.69, 9.17) is 20.3 Å². The third-order valence-corrected chi connectivity index (χ3v) is 5.76. The summed E-state index contributed by atoms with van der Waals surface area (Å²) in [6.07, 6.45) is 3.91. The molecule has 3 heterocycles. The maximum atomic E-state index is 11.7. The second kappa shape index (κ2) is 7.84. The lowest BCUT2D eigenvalue weighted by Gasteiger charge is -2.31. The summed E-state index contributed by atoms with van der Waals surface area (Å²) < 4.78 is 12.9. The number of nitrogens with zero attached hydrogens (tertiary/aromatic N) is 3. The van der Waals surface area contributed by atoms with E-state index < -0.39 is 0 Å². The molecule has 154 valence electrons. The highest BCUT2D eigenvalue weighted by Crippen LogP contribution is 2.37. The van der Waals surface area contributed by atoms with Crippen molar-refractivity contribution in [3.8, 4) is 28.4 Å². The Hall–Kier alpha value is -3.32. The van der Waals surface area contributed by atoms with Gasteiger partial charge in [-0.25, -0.2) is 4.68 Å². The van der Waals surface area contributed by atoms with Gasteiger partial charge in [0.25, 0.3) is 0 Å². The molecule has 7 nitrogen and oxygen atoms in total. The van der Waals surface area contributed by atoms with Gasteiger partial charge in [0, 0.05) is 30.4 Å². The Bertz CT molecular complexity index is 1060. The number of piperidine rings is 1. The van der Waals surface area contributed by atoms with Gasteiger partial charge >= 0.3 is 0 Å². The van der Waals surface area contributed by atoms with Crippen molar-refractivity contribution in [2.45, 2.75) is 19.4 Å². The molecule has 0 bridgehead atoms. The van der Waals surface area contributed by atoms with Gasteiger partial charge in [-0.3, -0.25) is 9.69 Å². The van der Waals surface area contributed by atoms with Gasteiger partial charge in [-0.05, 0) is 49.7 Å². The number of nitrogens with two attached hydrogens (primary N) is 1. The van der Waals surface area contributed by atoms with Crippen LogP contribution in [0.2, 0.25) is 0 Å². The Morgan fingerprint density at radius 1 is 1.13 bits per heavy atom. The van der Waals surface area contributed by atoms with E-state index in [0.717, 1.165) is 53.4 Å². The molecule has 1 atom stereocenters. The minimum atomic E-state index is -0.212. The molecule has 0 unspecified atom stereocenters. The second-order valence-electron chi connectivity index (χ2n) is 7.83. The average Bonchev–Trinajstić information content (AvgIpc) is 3.41. The lowest BCUT2D eigenvalue weighted by Crippen LogP contribution is -2.40. The summed E-state index contributed by atoms with van der Waals surface area (Å²) in [6.45, 7) is 2.58. The van der Waals surface area contributed by atoms with Gasteiger partial charge in [0.2, 0.25) is 12.7 Å². The van der Waals surface area contributed by atoms with Crippen LogP contribution >= 0.6 is 0 Å². The van der Waals surface area contributed by atoms with Gasteiger partial charge in [-0.2, -0.15) is 5.10 Å². The number of fused-ring (bicyclic) bond motifs is 1. The van der Waals surface area contributed by atoms with Crippen molar-refractivity contribution >= 4 is 5.91 Å². The molecule has 0 aliphatic carbocycles. The Kier molecular flexibility index (Phi) is 4.88. The predicted octanol–water partition coefficient (Wildman–Crippen LogP) is 2.97. The molecule has 2 aliphatic rings. The maximum absolute atomic E-state index is 11.7. The fourth-order valence-corrected chi connectivity index (χ4v) is 4.20. The molecule has 7 heteroatoms. The number of carbonyl (C=O) groups excluding carboxylic acids is 1. The van der Waals surface area contributed by atoms with Crippen molar-refractivity contribution in [3.05, 3.63) is 60.3 Å². The topological polar surface area (TPSA) is 82.6 Å². The van der Waals surface area contributed by atoms with Crippen molar-refractivity contribution in [3.63, 3.8) is 0 Å². The molecule has 2 N–H and O–H groups in total. The Balaban J connectivity index is 1.50. The van der Waals surface area contributed by atoms with Crippen molar-refractivity contribution < 1.29 is 14.3 Å². The Morgan fingerprint density at radius 3 is 2.80 bits per heavy atom. The number of rotatable bonds is 5. The molecule has 1 aromatic heterocycles. The normalized spacial score (nSPS) is 18.5. The van der Waals surface area contributed by atoms with E-state index >= 15 is 0 Å². The maximum Gasteiger partial charge on any atom is 0.231 e.